The van der Waals surface area contributed by atoms with E-state index in [2.05, 4.69) is 10.5 Å². The van der Waals surface area contributed by atoms with Gasteiger partial charge in [-0.05, 0) is 47.5 Å². The Balaban J connectivity index is 1.85. The lowest BCUT2D eigenvalue weighted by Gasteiger charge is -2.27. The Bertz CT molecular complexity index is 917. The van der Waals surface area contributed by atoms with Crippen molar-refractivity contribution in [1.82, 2.24) is 5.43 Å². The number of amides is 1. The summed E-state index contributed by atoms with van der Waals surface area (Å²) in [4.78, 5) is 14.4. The number of halogens is 2. The van der Waals surface area contributed by atoms with Gasteiger partial charge in [0.15, 0.2) is 0 Å². The first-order chi connectivity index (χ1) is 12.5. The average molecular weight is 402 g/mol. The third-order valence-corrected chi connectivity index (χ3v) is 5.92. The molecule has 0 aromatic heterocycles. The van der Waals surface area contributed by atoms with E-state index in [1.807, 2.05) is 60.7 Å². The average Bonchev–Trinajstić information content (AvgIpc) is 2.90. The maximum Gasteiger partial charge on any atom is 0.261 e. The minimum Gasteiger partial charge on any atom is -0.384 e. The second kappa shape index (κ2) is 6.50. The molecule has 2 aromatic rings. The number of hydrazone groups is 1. The molecule has 3 N–H and O–H groups in total. The van der Waals surface area contributed by atoms with Gasteiger partial charge in [0.2, 0.25) is 0 Å². The minimum absolute atomic E-state index is 0.223. The van der Waals surface area contributed by atoms with Gasteiger partial charge in [-0.15, -0.1) is 0 Å². The Morgan fingerprint density at radius 2 is 1.35 bits per heavy atom. The number of hydrogen-bond donors (Lipinski definition) is 2. The van der Waals surface area contributed by atoms with Crippen molar-refractivity contribution >= 4 is 56.5 Å². The Morgan fingerprint density at radius 3 is 1.73 bits per heavy atom. The SMILES string of the molecule is NC1=NNC(=O)C12C=C(c1ccc(Cl)cc1)SC(c1ccc(Cl)cc1)=C2. The number of benzene rings is 2. The van der Waals surface area contributed by atoms with Crippen LogP contribution in [0.15, 0.2) is 65.8 Å². The van der Waals surface area contributed by atoms with Crippen molar-refractivity contribution < 1.29 is 4.79 Å². The maximum absolute atomic E-state index is 12.6. The first-order valence-corrected chi connectivity index (χ1v) is 9.35. The fraction of sp³-hybridized carbons (Fsp3) is 0.0526. The molecule has 0 aliphatic carbocycles. The van der Waals surface area contributed by atoms with Crippen LogP contribution in [0.3, 0.4) is 0 Å². The van der Waals surface area contributed by atoms with Gasteiger partial charge in [0.05, 0.1) is 0 Å². The lowest BCUT2D eigenvalue weighted by molar-refractivity contribution is -0.123. The standard InChI is InChI=1S/C19H13Cl2N3OS/c20-13-5-1-11(2-6-13)15-9-19(17(22)23-24-18(19)25)10-16(26-15)12-3-7-14(21)8-4-12/h1-10H,(H2,22,23)(H,24,25). The Labute approximate surface area is 164 Å². The lowest BCUT2D eigenvalue weighted by atomic mass is 9.84. The molecule has 0 saturated carbocycles. The Morgan fingerprint density at radius 1 is 0.885 bits per heavy atom. The van der Waals surface area contributed by atoms with E-state index in [4.69, 9.17) is 28.9 Å². The molecule has 1 amide bonds. The van der Waals surface area contributed by atoms with Crippen molar-refractivity contribution in [1.29, 1.82) is 0 Å². The maximum atomic E-state index is 12.6. The summed E-state index contributed by atoms with van der Waals surface area (Å²) in [7, 11) is 0. The summed E-state index contributed by atoms with van der Waals surface area (Å²) in [6.07, 6.45) is 3.70. The number of rotatable bonds is 2. The molecule has 1 spiro atoms. The van der Waals surface area contributed by atoms with Gasteiger partial charge < -0.3 is 5.73 Å². The molecule has 2 aromatic carbocycles. The summed E-state index contributed by atoms with van der Waals surface area (Å²) in [6.45, 7) is 0. The lowest BCUT2D eigenvalue weighted by Crippen LogP contribution is -2.39. The largest absolute Gasteiger partial charge is 0.384 e. The molecule has 2 aliphatic heterocycles. The summed E-state index contributed by atoms with van der Waals surface area (Å²) in [5, 5.41) is 5.23. The summed E-state index contributed by atoms with van der Waals surface area (Å²) in [5.74, 6) is -0.0473. The molecule has 0 unspecified atom stereocenters. The van der Waals surface area contributed by atoms with Crippen molar-refractivity contribution in [2.75, 3.05) is 0 Å². The van der Waals surface area contributed by atoms with E-state index < -0.39 is 5.41 Å². The van der Waals surface area contributed by atoms with Gasteiger partial charge in [0, 0.05) is 19.9 Å². The smallest absolute Gasteiger partial charge is 0.261 e. The molecule has 4 rings (SSSR count). The highest BCUT2D eigenvalue weighted by molar-refractivity contribution is 8.16. The van der Waals surface area contributed by atoms with E-state index in [1.165, 1.54) is 0 Å². The van der Waals surface area contributed by atoms with E-state index in [0.29, 0.717) is 10.0 Å². The van der Waals surface area contributed by atoms with E-state index in [9.17, 15) is 4.79 Å². The van der Waals surface area contributed by atoms with Crippen molar-refractivity contribution in [2.24, 2.45) is 16.3 Å². The number of thioether (sulfide) groups is 1. The number of nitrogens with zero attached hydrogens (tertiary/aromatic N) is 1. The van der Waals surface area contributed by atoms with Gasteiger partial charge in [0.25, 0.3) is 5.91 Å². The van der Waals surface area contributed by atoms with Gasteiger partial charge in [-0.25, -0.2) is 5.43 Å². The second-order valence-electron chi connectivity index (χ2n) is 5.94. The zero-order valence-corrected chi connectivity index (χ0v) is 15.7. The van der Waals surface area contributed by atoms with Crippen LogP contribution in [-0.2, 0) is 4.79 Å². The molecular formula is C19H13Cl2N3OS. The predicted octanol–water partition coefficient (Wildman–Crippen LogP) is 4.51. The highest BCUT2D eigenvalue weighted by Gasteiger charge is 2.45. The van der Waals surface area contributed by atoms with Crippen LogP contribution < -0.4 is 11.2 Å². The van der Waals surface area contributed by atoms with E-state index >= 15 is 0 Å². The van der Waals surface area contributed by atoms with E-state index in [0.717, 1.165) is 20.9 Å². The zero-order chi connectivity index (χ0) is 18.3. The number of nitrogens with two attached hydrogens (primary N) is 1. The van der Waals surface area contributed by atoms with E-state index in [-0.39, 0.29) is 11.7 Å². The highest BCUT2D eigenvalue weighted by atomic mass is 35.5. The summed E-state index contributed by atoms with van der Waals surface area (Å²) in [5.41, 5.74) is 9.36. The van der Waals surface area contributed by atoms with E-state index in [1.54, 1.807) is 11.8 Å². The predicted molar refractivity (Wildman–Crippen MR) is 109 cm³/mol. The summed E-state index contributed by atoms with van der Waals surface area (Å²) >= 11 is 13.6. The molecule has 0 radical (unpaired) electrons. The first-order valence-electron chi connectivity index (χ1n) is 7.77. The molecule has 0 bridgehead atoms. The van der Waals surface area contributed by atoms with Crippen molar-refractivity contribution in [3.8, 4) is 0 Å². The van der Waals surface area contributed by atoms with Crippen LogP contribution in [0.2, 0.25) is 10.0 Å². The molecular weight excluding hydrogens is 389 g/mol. The molecule has 2 aliphatic rings. The molecule has 26 heavy (non-hydrogen) atoms. The van der Waals surface area contributed by atoms with Gasteiger partial charge >= 0.3 is 0 Å². The molecule has 4 nitrogen and oxygen atoms in total. The zero-order valence-electron chi connectivity index (χ0n) is 13.4. The van der Waals surface area contributed by atoms with Crippen LogP contribution in [0.1, 0.15) is 11.1 Å². The van der Waals surface area contributed by atoms with Crippen LogP contribution in [-0.4, -0.2) is 11.7 Å². The van der Waals surface area contributed by atoms with Crippen LogP contribution >= 0.6 is 35.0 Å². The molecule has 0 fully saturated rings. The van der Waals surface area contributed by atoms with Crippen LogP contribution in [0.4, 0.5) is 0 Å². The van der Waals surface area contributed by atoms with Crippen molar-refractivity contribution in [3.05, 3.63) is 81.9 Å². The third-order valence-electron chi connectivity index (χ3n) is 4.27. The molecule has 7 heteroatoms. The van der Waals surface area contributed by atoms with Crippen LogP contribution in [0, 0.1) is 5.41 Å². The van der Waals surface area contributed by atoms with Crippen molar-refractivity contribution in [2.45, 2.75) is 0 Å². The van der Waals surface area contributed by atoms with Gasteiger partial charge in [-0.3, -0.25) is 4.79 Å². The quantitative estimate of drug-likeness (QED) is 0.777. The normalized spacial score (nSPS) is 18.2. The number of amidine groups is 1. The fourth-order valence-electron chi connectivity index (χ4n) is 2.84. The Hall–Kier alpha value is -2.21. The van der Waals surface area contributed by atoms with Crippen LogP contribution in [0.25, 0.3) is 9.81 Å². The summed E-state index contributed by atoms with van der Waals surface area (Å²) < 4.78 is 0. The monoisotopic (exact) mass is 401 g/mol. The fourth-order valence-corrected chi connectivity index (χ4v) is 4.32. The highest BCUT2D eigenvalue weighted by Crippen LogP contribution is 2.49. The topological polar surface area (TPSA) is 67.5 Å². The molecule has 130 valence electrons. The molecule has 2 heterocycles. The van der Waals surface area contributed by atoms with Gasteiger partial charge in [-0.1, -0.05) is 59.2 Å². The van der Waals surface area contributed by atoms with Gasteiger partial charge in [0.1, 0.15) is 11.3 Å². The first kappa shape index (κ1) is 17.2. The Kier molecular flexibility index (Phi) is 4.31. The number of hydrogen-bond acceptors (Lipinski definition) is 4. The summed E-state index contributed by atoms with van der Waals surface area (Å²) in [6, 6.07) is 14.9. The van der Waals surface area contributed by atoms with Gasteiger partial charge in [-0.2, -0.15) is 5.10 Å². The number of carbonyl (C=O) groups excluding carboxylic acids is 1. The number of carbonyl (C=O) groups is 1. The molecule has 0 atom stereocenters. The molecule has 0 saturated heterocycles. The van der Waals surface area contributed by atoms with Crippen LogP contribution in [0.5, 0.6) is 0 Å². The minimum atomic E-state index is -1.10. The second-order valence-corrected chi connectivity index (χ2v) is 7.90. The third kappa shape index (κ3) is 2.92. The number of nitrogens with one attached hydrogen (secondary N) is 1. The van der Waals surface area contributed by atoms with Crippen molar-refractivity contribution in [3.63, 3.8) is 0 Å².